The standard InChI is InChI=1S/C18H20ClFN2O3S/c1-3-4-12(2)21-18(23)13-5-7-14(8-6-13)22-26(24,25)15-9-10-17(20)16(19)11-15/h5-12,22H,3-4H2,1-2H3,(H,21,23). The molecule has 0 aliphatic rings. The fourth-order valence-corrected chi connectivity index (χ4v) is 3.69. The molecule has 1 amide bonds. The van der Waals surface area contributed by atoms with Crippen LogP contribution in [0.2, 0.25) is 5.02 Å². The molecule has 26 heavy (non-hydrogen) atoms. The van der Waals surface area contributed by atoms with Gasteiger partial charge >= 0.3 is 0 Å². The molecule has 0 saturated heterocycles. The minimum absolute atomic E-state index is 0.0638. The minimum atomic E-state index is -3.91. The number of anilines is 1. The van der Waals surface area contributed by atoms with Crippen LogP contribution in [-0.2, 0) is 10.0 Å². The average Bonchev–Trinajstić information content (AvgIpc) is 2.57. The third-order valence-electron chi connectivity index (χ3n) is 3.70. The first kappa shape index (κ1) is 20.2. The maximum atomic E-state index is 13.2. The highest BCUT2D eigenvalue weighted by Crippen LogP contribution is 2.22. The Bertz CT molecular complexity index is 886. The van der Waals surface area contributed by atoms with Gasteiger partial charge in [0.2, 0.25) is 0 Å². The molecule has 2 aromatic carbocycles. The van der Waals surface area contributed by atoms with Crippen molar-refractivity contribution < 1.29 is 17.6 Å². The van der Waals surface area contributed by atoms with Gasteiger partial charge in [-0.15, -0.1) is 0 Å². The van der Waals surface area contributed by atoms with E-state index in [4.69, 9.17) is 11.6 Å². The summed E-state index contributed by atoms with van der Waals surface area (Å²) < 4.78 is 40.2. The topological polar surface area (TPSA) is 75.3 Å². The lowest BCUT2D eigenvalue weighted by Gasteiger charge is -2.13. The Balaban J connectivity index is 2.10. The SMILES string of the molecule is CCCC(C)NC(=O)c1ccc(NS(=O)(=O)c2ccc(F)c(Cl)c2)cc1. The molecular weight excluding hydrogens is 379 g/mol. The Kier molecular flexibility index (Phi) is 6.61. The van der Waals surface area contributed by atoms with Crippen LogP contribution < -0.4 is 10.0 Å². The predicted octanol–water partition coefficient (Wildman–Crippen LogP) is 4.20. The molecule has 0 heterocycles. The fraction of sp³-hybridized carbons (Fsp3) is 0.278. The van der Waals surface area contributed by atoms with Crippen LogP contribution in [0.25, 0.3) is 0 Å². The number of carbonyl (C=O) groups excluding carboxylic acids is 1. The summed E-state index contributed by atoms with van der Waals surface area (Å²) in [6.45, 7) is 3.97. The summed E-state index contributed by atoms with van der Waals surface area (Å²) in [5, 5.41) is 2.60. The van der Waals surface area contributed by atoms with Crippen molar-refractivity contribution in [3.05, 3.63) is 58.9 Å². The van der Waals surface area contributed by atoms with E-state index in [-0.39, 0.29) is 27.6 Å². The predicted molar refractivity (Wildman–Crippen MR) is 100 cm³/mol. The van der Waals surface area contributed by atoms with Crippen molar-refractivity contribution in [3.8, 4) is 0 Å². The first-order chi connectivity index (χ1) is 12.2. The van der Waals surface area contributed by atoms with Gasteiger partial charge in [0.15, 0.2) is 0 Å². The number of halogens is 2. The minimum Gasteiger partial charge on any atom is -0.350 e. The molecule has 0 aliphatic heterocycles. The lowest BCUT2D eigenvalue weighted by atomic mass is 10.1. The number of nitrogens with one attached hydrogen (secondary N) is 2. The summed E-state index contributed by atoms with van der Waals surface area (Å²) in [6.07, 6.45) is 1.85. The molecule has 2 N–H and O–H groups in total. The van der Waals surface area contributed by atoms with Crippen molar-refractivity contribution in [2.24, 2.45) is 0 Å². The molecule has 2 rings (SSSR count). The Hall–Kier alpha value is -2.12. The second-order valence-corrected chi connectivity index (χ2v) is 8.01. The largest absolute Gasteiger partial charge is 0.350 e. The lowest BCUT2D eigenvalue weighted by Crippen LogP contribution is -2.32. The Labute approximate surface area is 157 Å². The summed E-state index contributed by atoms with van der Waals surface area (Å²) in [7, 11) is -3.91. The van der Waals surface area contributed by atoms with Gasteiger partial charge in [-0.05, 0) is 55.8 Å². The smallest absolute Gasteiger partial charge is 0.261 e. The number of rotatable bonds is 7. The molecule has 0 radical (unpaired) electrons. The average molecular weight is 399 g/mol. The van der Waals surface area contributed by atoms with Gasteiger partial charge < -0.3 is 5.32 Å². The number of sulfonamides is 1. The van der Waals surface area contributed by atoms with Crippen molar-refractivity contribution in [3.63, 3.8) is 0 Å². The van der Waals surface area contributed by atoms with Crippen LogP contribution in [0.1, 0.15) is 37.0 Å². The van der Waals surface area contributed by atoms with E-state index in [1.54, 1.807) is 0 Å². The van der Waals surface area contributed by atoms with Crippen LogP contribution in [0.4, 0.5) is 10.1 Å². The van der Waals surface area contributed by atoms with E-state index in [2.05, 4.69) is 10.0 Å². The highest BCUT2D eigenvalue weighted by atomic mass is 35.5. The van der Waals surface area contributed by atoms with Crippen molar-refractivity contribution in [1.29, 1.82) is 0 Å². The normalized spacial score (nSPS) is 12.5. The molecule has 2 aromatic rings. The zero-order chi connectivity index (χ0) is 19.3. The zero-order valence-electron chi connectivity index (χ0n) is 14.4. The molecule has 1 atom stereocenters. The second kappa shape index (κ2) is 8.51. The number of carbonyl (C=O) groups is 1. The van der Waals surface area contributed by atoms with Gasteiger partial charge in [-0.2, -0.15) is 0 Å². The van der Waals surface area contributed by atoms with Gasteiger partial charge in [0.05, 0.1) is 9.92 Å². The summed E-state index contributed by atoms with van der Waals surface area (Å²) in [6, 6.07) is 9.25. The molecule has 0 spiro atoms. The molecule has 0 aliphatic carbocycles. The van der Waals surface area contributed by atoms with E-state index in [0.717, 1.165) is 31.0 Å². The van der Waals surface area contributed by atoms with Crippen LogP contribution in [0, 0.1) is 5.82 Å². The van der Waals surface area contributed by atoms with E-state index in [9.17, 15) is 17.6 Å². The van der Waals surface area contributed by atoms with Gasteiger partial charge in [-0.1, -0.05) is 24.9 Å². The molecule has 0 bridgehead atoms. The molecule has 5 nitrogen and oxygen atoms in total. The maximum Gasteiger partial charge on any atom is 0.261 e. The third-order valence-corrected chi connectivity index (χ3v) is 5.37. The van der Waals surface area contributed by atoms with E-state index in [1.165, 1.54) is 24.3 Å². The van der Waals surface area contributed by atoms with Crippen LogP contribution in [0.15, 0.2) is 47.4 Å². The Morgan fingerprint density at radius 2 is 1.85 bits per heavy atom. The molecule has 0 saturated carbocycles. The number of benzene rings is 2. The van der Waals surface area contributed by atoms with E-state index in [0.29, 0.717) is 5.56 Å². The summed E-state index contributed by atoms with van der Waals surface area (Å²) in [5.74, 6) is -0.913. The quantitative estimate of drug-likeness (QED) is 0.734. The zero-order valence-corrected chi connectivity index (χ0v) is 16.0. The van der Waals surface area contributed by atoms with E-state index >= 15 is 0 Å². The second-order valence-electron chi connectivity index (χ2n) is 5.92. The maximum absolute atomic E-state index is 13.2. The first-order valence-electron chi connectivity index (χ1n) is 8.11. The molecule has 8 heteroatoms. The number of hydrogen-bond acceptors (Lipinski definition) is 3. The van der Waals surface area contributed by atoms with Crippen LogP contribution in [0.3, 0.4) is 0 Å². The first-order valence-corrected chi connectivity index (χ1v) is 9.98. The van der Waals surface area contributed by atoms with E-state index in [1.807, 2.05) is 13.8 Å². The van der Waals surface area contributed by atoms with Crippen LogP contribution >= 0.6 is 11.6 Å². The summed E-state index contributed by atoms with van der Waals surface area (Å²) >= 11 is 5.63. The fourth-order valence-electron chi connectivity index (χ4n) is 2.36. The molecule has 140 valence electrons. The van der Waals surface area contributed by atoms with Gasteiger partial charge in [-0.3, -0.25) is 9.52 Å². The van der Waals surface area contributed by atoms with Gasteiger partial charge in [0, 0.05) is 17.3 Å². The highest BCUT2D eigenvalue weighted by molar-refractivity contribution is 7.92. The number of hydrogen-bond donors (Lipinski definition) is 2. The lowest BCUT2D eigenvalue weighted by molar-refractivity contribution is 0.0938. The molecule has 1 unspecified atom stereocenters. The highest BCUT2D eigenvalue weighted by Gasteiger charge is 2.16. The van der Waals surface area contributed by atoms with Gasteiger partial charge in [0.25, 0.3) is 15.9 Å². The van der Waals surface area contributed by atoms with Crippen molar-refractivity contribution in [2.75, 3.05) is 4.72 Å². The van der Waals surface area contributed by atoms with Gasteiger partial charge in [-0.25, -0.2) is 12.8 Å². The van der Waals surface area contributed by atoms with E-state index < -0.39 is 15.8 Å². The third kappa shape index (κ3) is 5.19. The van der Waals surface area contributed by atoms with Crippen molar-refractivity contribution in [2.45, 2.75) is 37.6 Å². The molecule has 0 aromatic heterocycles. The van der Waals surface area contributed by atoms with Crippen molar-refractivity contribution >= 4 is 33.2 Å². The summed E-state index contributed by atoms with van der Waals surface area (Å²) in [5.41, 5.74) is 0.712. The van der Waals surface area contributed by atoms with Crippen molar-refractivity contribution in [1.82, 2.24) is 5.32 Å². The monoisotopic (exact) mass is 398 g/mol. The van der Waals surface area contributed by atoms with Gasteiger partial charge in [0.1, 0.15) is 5.82 Å². The summed E-state index contributed by atoms with van der Waals surface area (Å²) in [4.78, 5) is 12.0. The van der Waals surface area contributed by atoms with Crippen LogP contribution in [-0.4, -0.2) is 20.4 Å². The van der Waals surface area contributed by atoms with Crippen LogP contribution in [0.5, 0.6) is 0 Å². The molecular formula is C18H20ClFN2O3S. The Morgan fingerprint density at radius 1 is 1.19 bits per heavy atom. The molecule has 0 fully saturated rings. The Morgan fingerprint density at radius 3 is 2.42 bits per heavy atom. The number of amides is 1.